The highest BCUT2D eigenvalue weighted by atomic mass is 16.3. The topological polar surface area (TPSA) is 95.6 Å². The molecule has 5 N–H and O–H groups in total. The summed E-state index contributed by atoms with van der Waals surface area (Å²) in [6.07, 6.45) is 5.20. The van der Waals surface area contributed by atoms with Gasteiger partial charge in [-0.05, 0) is 25.0 Å². The van der Waals surface area contributed by atoms with Gasteiger partial charge in [-0.2, -0.15) is 0 Å². The first-order valence-electron chi connectivity index (χ1n) is 7.04. The molecular formula is C15H22N2O3. The maximum absolute atomic E-state index is 12.1. The summed E-state index contributed by atoms with van der Waals surface area (Å²) >= 11 is 0. The normalized spacial score (nSPS) is 17.6. The minimum Gasteiger partial charge on any atom is -0.505 e. The second kappa shape index (κ2) is 6.13. The van der Waals surface area contributed by atoms with Gasteiger partial charge >= 0.3 is 0 Å². The lowest BCUT2D eigenvalue weighted by molar-refractivity contribution is 0.0717. The third-order valence-electron chi connectivity index (χ3n) is 4.19. The van der Waals surface area contributed by atoms with Gasteiger partial charge in [-0.15, -0.1) is 0 Å². The number of benzene rings is 1. The highest BCUT2D eigenvalue weighted by Crippen LogP contribution is 2.35. The molecule has 110 valence electrons. The van der Waals surface area contributed by atoms with Crippen LogP contribution in [0.1, 0.15) is 42.5 Å². The lowest BCUT2D eigenvalue weighted by atomic mass is 9.74. The number of carbonyl (C=O) groups is 1. The maximum Gasteiger partial charge on any atom is 0.255 e. The van der Waals surface area contributed by atoms with Crippen LogP contribution in [0, 0.1) is 5.41 Å². The van der Waals surface area contributed by atoms with Crippen LogP contribution >= 0.6 is 0 Å². The number of hydrogen-bond donors (Lipinski definition) is 4. The molecule has 5 heteroatoms. The van der Waals surface area contributed by atoms with Gasteiger partial charge in [0.05, 0.1) is 17.9 Å². The first-order chi connectivity index (χ1) is 9.58. The summed E-state index contributed by atoms with van der Waals surface area (Å²) in [5.41, 5.74) is 5.72. The predicted octanol–water partition coefficient (Wildman–Crippen LogP) is 1.65. The van der Waals surface area contributed by atoms with Gasteiger partial charge in [-0.1, -0.05) is 25.3 Å². The van der Waals surface area contributed by atoms with E-state index in [0.29, 0.717) is 6.54 Å². The molecule has 1 aliphatic carbocycles. The van der Waals surface area contributed by atoms with Crippen molar-refractivity contribution in [2.45, 2.75) is 32.1 Å². The van der Waals surface area contributed by atoms with Crippen molar-refractivity contribution in [3.8, 4) is 5.75 Å². The van der Waals surface area contributed by atoms with E-state index in [4.69, 9.17) is 5.73 Å². The molecule has 1 saturated carbocycles. The number of anilines is 1. The number of phenolic OH excluding ortho intramolecular Hbond substituents is 1. The fraction of sp³-hybridized carbons (Fsp3) is 0.533. The molecule has 5 nitrogen and oxygen atoms in total. The molecule has 1 amide bonds. The third kappa shape index (κ3) is 3.04. The van der Waals surface area contributed by atoms with Crippen LogP contribution in [0.25, 0.3) is 0 Å². The number of nitrogen functional groups attached to an aromatic ring is 1. The van der Waals surface area contributed by atoms with Gasteiger partial charge in [-0.25, -0.2) is 0 Å². The summed E-state index contributed by atoms with van der Waals surface area (Å²) in [5.74, 6) is -0.542. The van der Waals surface area contributed by atoms with Crippen molar-refractivity contribution in [1.29, 1.82) is 0 Å². The van der Waals surface area contributed by atoms with Crippen molar-refractivity contribution in [3.63, 3.8) is 0 Å². The zero-order valence-electron chi connectivity index (χ0n) is 11.6. The van der Waals surface area contributed by atoms with Crippen LogP contribution in [-0.2, 0) is 0 Å². The van der Waals surface area contributed by atoms with Gasteiger partial charge in [-0.3, -0.25) is 4.79 Å². The van der Waals surface area contributed by atoms with Gasteiger partial charge in [0, 0.05) is 12.0 Å². The average Bonchev–Trinajstić information content (AvgIpc) is 2.48. The second-order valence-corrected chi connectivity index (χ2v) is 5.64. The van der Waals surface area contributed by atoms with Gasteiger partial charge in [0.2, 0.25) is 0 Å². The number of aromatic hydroxyl groups is 1. The molecule has 0 atom stereocenters. The second-order valence-electron chi connectivity index (χ2n) is 5.64. The standard InChI is InChI=1S/C15H22N2O3/c16-12-6-4-5-11(13(12)19)14(20)17-9-15(10-18)7-2-1-3-8-15/h4-6,18-19H,1-3,7-10,16H2,(H,17,20). The molecular weight excluding hydrogens is 256 g/mol. The molecule has 0 aliphatic heterocycles. The minimum atomic E-state index is -0.354. The number of rotatable bonds is 4. The zero-order valence-corrected chi connectivity index (χ0v) is 11.6. The van der Waals surface area contributed by atoms with E-state index in [1.165, 1.54) is 12.5 Å². The molecule has 0 heterocycles. The molecule has 0 radical (unpaired) electrons. The van der Waals surface area contributed by atoms with Crippen LogP contribution in [-0.4, -0.2) is 29.3 Å². The molecule has 20 heavy (non-hydrogen) atoms. The Balaban J connectivity index is 2.02. The molecule has 0 bridgehead atoms. The SMILES string of the molecule is Nc1cccc(C(=O)NCC2(CO)CCCCC2)c1O. The fourth-order valence-corrected chi connectivity index (χ4v) is 2.80. The zero-order chi connectivity index (χ0) is 14.6. The van der Waals surface area contributed by atoms with Gasteiger partial charge < -0.3 is 21.3 Å². The van der Waals surface area contributed by atoms with E-state index >= 15 is 0 Å². The monoisotopic (exact) mass is 278 g/mol. The Morgan fingerprint density at radius 3 is 2.65 bits per heavy atom. The Labute approximate surface area is 118 Å². The smallest absolute Gasteiger partial charge is 0.255 e. The van der Waals surface area contributed by atoms with Crippen molar-refractivity contribution in [2.24, 2.45) is 5.41 Å². The van der Waals surface area contributed by atoms with Crippen LogP contribution in [0.4, 0.5) is 5.69 Å². The molecule has 0 spiro atoms. The van der Waals surface area contributed by atoms with Crippen molar-refractivity contribution < 1.29 is 15.0 Å². The number of aliphatic hydroxyl groups excluding tert-OH is 1. The van der Waals surface area contributed by atoms with Crippen LogP contribution in [0.2, 0.25) is 0 Å². The molecule has 0 aromatic heterocycles. The molecule has 0 unspecified atom stereocenters. The predicted molar refractivity (Wildman–Crippen MR) is 77.5 cm³/mol. The van der Waals surface area contributed by atoms with E-state index < -0.39 is 0 Å². The lowest BCUT2D eigenvalue weighted by Gasteiger charge is -2.35. The Hall–Kier alpha value is -1.75. The van der Waals surface area contributed by atoms with E-state index in [1.807, 2.05) is 0 Å². The van der Waals surface area contributed by atoms with E-state index in [9.17, 15) is 15.0 Å². The maximum atomic E-state index is 12.1. The molecule has 1 fully saturated rings. The van der Waals surface area contributed by atoms with Crippen molar-refractivity contribution >= 4 is 11.6 Å². The minimum absolute atomic E-state index is 0.0796. The summed E-state index contributed by atoms with van der Waals surface area (Å²) in [7, 11) is 0. The van der Waals surface area contributed by atoms with Crippen LogP contribution in [0.3, 0.4) is 0 Å². The van der Waals surface area contributed by atoms with E-state index in [1.54, 1.807) is 12.1 Å². The average molecular weight is 278 g/mol. The summed E-state index contributed by atoms with van der Waals surface area (Å²) in [6.45, 7) is 0.507. The van der Waals surface area contributed by atoms with Gasteiger partial charge in [0.15, 0.2) is 5.75 Å². The summed E-state index contributed by atoms with van der Waals surface area (Å²) < 4.78 is 0. The lowest BCUT2D eigenvalue weighted by Crippen LogP contribution is -2.41. The highest BCUT2D eigenvalue weighted by molar-refractivity contribution is 5.98. The van der Waals surface area contributed by atoms with Crippen molar-refractivity contribution in [1.82, 2.24) is 5.32 Å². The molecule has 1 aromatic rings. The number of nitrogens with two attached hydrogens (primary N) is 1. The largest absolute Gasteiger partial charge is 0.505 e. The molecule has 1 aromatic carbocycles. The Morgan fingerprint density at radius 1 is 1.30 bits per heavy atom. The van der Waals surface area contributed by atoms with E-state index in [-0.39, 0.29) is 34.9 Å². The summed E-state index contributed by atoms with van der Waals surface area (Å²) in [6, 6.07) is 4.71. The Bertz CT molecular complexity index is 482. The summed E-state index contributed by atoms with van der Waals surface area (Å²) in [4.78, 5) is 12.1. The number of para-hydroxylation sites is 1. The Kier molecular flexibility index (Phi) is 4.49. The number of hydrogen-bond acceptors (Lipinski definition) is 4. The first-order valence-corrected chi connectivity index (χ1v) is 7.04. The van der Waals surface area contributed by atoms with Crippen molar-refractivity contribution in [2.75, 3.05) is 18.9 Å². The highest BCUT2D eigenvalue weighted by Gasteiger charge is 2.32. The van der Waals surface area contributed by atoms with Crippen LogP contribution < -0.4 is 11.1 Å². The number of nitrogens with one attached hydrogen (secondary N) is 1. The number of carbonyl (C=O) groups excluding carboxylic acids is 1. The van der Waals surface area contributed by atoms with Crippen LogP contribution in [0.5, 0.6) is 5.75 Å². The van der Waals surface area contributed by atoms with Gasteiger partial charge in [0.25, 0.3) is 5.91 Å². The fourth-order valence-electron chi connectivity index (χ4n) is 2.80. The third-order valence-corrected chi connectivity index (χ3v) is 4.19. The number of phenols is 1. The number of aliphatic hydroxyl groups is 1. The molecule has 2 rings (SSSR count). The first kappa shape index (κ1) is 14.7. The van der Waals surface area contributed by atoms with Gasteiger partial charge in [0.1, 0.15) is 0 Å². The Morgan fingerprint density at radius 2 is 2.00 bits per heavy atom. The van der Waals surface area contributed by atoms with E-state index in [0.717, 1.165) is 25.7 Å². The van der Waals surface area contributed by atoms with Crippen molar-refractivity contribution in [3.05, 3.63) is 23.8 Å². The van der Waals surface area contributed by atoms with E-state index in [2.05, 4.69) is 5.32 Å². The number of amides is 1. The molecule has 0 saturated heterocycles. The van der Waals surface area contributed by atoms with Crippen LogP contribution in [0.15, 0.2) is 18.2 Å². The summed E-state index contributed by atoms with van der Waals surface area (Å²) in [5, 5.41) is 22.2. The quantitative estimate of drug-likeness (QED) is 0.497. The molecule has 1 aliphatic rings.